The van der Waals surface area contributed by atoms with E-state index >= 15 is 0 Å². The van der Waals surface area contributed by atoms with Gasteiger partial charge in [0.05, 0.1) is 24.2 Å². The van der Waals surface area contributed by atoms with Crippen LogP contribution in [-0.4, -0.2) is 77.6 Å². The molecular weight excluding hydrogens is 512 g/mol. The van der Waals surface area contributed by atoms with E-state index in [1.807, 2.05) is 0 Å². The van der Waals surface area contributed by atoms with Gasteiger partial charge in [0, 0.05) is 31.2 Å². The van der Waals surface area contributed by atoms with Gasteiger partial charge >= 0.3 is 6.01 Å². The maximum absolute atomic E-state index is 12.5. The van der Waals surface area contributed by atoms with Crippen LogP contribution in [0.5, 0.6) is 6.01 Å². The summed E-state index contributed by atoms with van der Waals surface area (Å²) in [5.41, 5.74) is 6.86. The summed E-state index contributed by atoms with van der Waals surface area (Å²) in [4.78, 5) is 29.0. The summed E-state index contributed by atoms with van der Waals surface area (Å²) in [7, 11) is 2.16. The normalized spacial score (nSPS) is 25.9. The molecule has 2 aromatic rings. The quantitative estimate of drug-likeness (QED) is 0.477. The summed E-state index contributed by atoms with van der Waals surface area (Å²) in [6.07, 6.45) is 9.32. The molecule has 2 saturated heterocycles. The van der Waals surface area contributed by atoms with Crippen LogP contribution in [0.1, 0.15) is 66.5 Å². The van der Waals surface area contributed by atoms with Crippen LogP contribution in [0.25, 0.3) is 0 Å². The third kappa shape index (κ3) is 5.44. The van der Waals surface area contributed by atoms with E-state index in [4.69, 9.17) is 14.7 Å². The molecular formula is C33H42N6O2. The van der Waals surface area contributed by atoms with Gasteiger partial charge in [-0.05, 0) is 93.1 Å². The number of hydrogen-bond acceptors (Lipinski definition) is 7. The van der Waals surface area contributed by atoms with Crippen LogP contribution in [-0.2, 0) is 30.5 Å². The highest BCUT2D eigenvalue weighted by Crippen LogP contribution is 2.43. The number of ether oxygens (including phenoxy) is 1. The van der Waals surface area contributed by atoms with Gasteiger partial charge in [-0.15, -0.1) is 0 Å². The van der Waals surface area contributed by atoms with Crippen LogP contribution in [0.2, 0.25) is 0 Å². The van der Waals surface area contributed by atoms with Crippen molar-refractivity contribution >= 4 is 11.7 Å². The first-order valence-corrected chi connectivity index (χ1v) is 15.3. The Morgan fingerprint density at radius 2 is 2.02 bits per heavy atom. The Morgan fingerprint density at radius 1 is 1.15 bits per heavy atom. The minimum Gasteiger partial charge on any atom is -0.462 e. The largest absolute Gasteiger partial charge is 0.462 e. The second-order valence-electron chi connectivity index (χ2n) is 12.4. The first-order valence-electron chi connectivity index (χ1n) is 15.3. The van der Waals surface area contributed by atoms with Gasteiger partial charge < -0.3 is 19.4 Å². The molecule has 3 heterocycles. The molecule has 1 aromatic heterocycles. The maximum Gasteiger partial charge on any atom is 0.318 e. The minimum atomic E-state index is -0.206. The van der Waals surface area contributed by atoms with Crippen LogP contribution in [0.4, 0.5) is 5.82 Å². The summed E-state index contributed by atoms with van der Waals surface area (Å²) in [6.45, 7) is 9.46. The number of carbonyl (C=O) groups excluding carboxylic acids is 1. The Balaban J connectivity index is 1.33. The number of benzene rings is 1. The van der Waals surface area contributed by atoms with Gasteiger partial charge in [0.25, 0.3) is 0 Å². The third-order valence-electron chi connectivity index (χ3n) is 9.90. The van der Waals surface area contributed by atoms with Crippen molar-refractivity contribution in [3.8, 4) is 12.1 Å². The van der Waals surface area contributed by atoms with Gasteiger partial charge in [-0.2, -0.15) is 15.2 Å². The van der Waals surface area contributed by atoms with Crippen molar-refractivity contribution in [2.45, 2.75) is 76.3 Å². The fraction of sp³-hybridized carbons (Fsp3) is 0.576. The number of amides is 1. The van der Waals surface area contributed by atoms with E-state index in [1.54, 1.807) is 10.5 Å². The zero-order valence-corrected chi connectivity index (χ0v) is 24.5. The Hall–Kier alpha value is -3.44. The third-order valence-corrected chi connectivity index (χ3v) is 9.90. The van der Waals surface area contributed by atoms with Gasteiger partial charge in [-0.25, -0.2) is 0 Å². The lowest BCUT2D eigenvalue weighted by atomic mass is 9.73. The number of anilines is 1. The number of piperazine rings is 1. The average Bonchev–Trinajstić information content (AvgIpc) is 3.64. The minimum absolute atomic E-state index is 0.119. The fourth-order valence-electron chi connectivity index (χ4n) is 7.58. The number of likely N-dealkylation sites (tertiary alicyclic amines) is 1. The molecule has 4 aliphatic rings. The molecule has 0 radical (unpaired) electrons. The lowest BCUT2D eigenvalue weighted by molar-refractivity contribution is -0.128. The van der Waals surface area contributed by atoms with Crippen molar-refractivity contribution in [3.63, 3.8) is 0 Å². The van der Waals surface area contributed by atoms with E-state index in [-0.39, 0.29) is 18.4 Å². The molecule has 2 aliphatic carbocycles. The zero-order valence-electron chi connectivity index (χ0n) is 24.5. The van der Waals surface area contributed by atoms with E-state index in [2.05, 4.69) is 54.6 Å². The van der Waals surface area contributed by atoms with Crippen LogP contribution in [0.15, 0.2) is 30.9 Å². The Kier molecular flexibility index (Phi) is 7.99. The lowest BCUT2D eigenvalue weighted by Crippen LogP contribution is -2.55. The number of aryl methyl sites for hydroxylation is 1. The first-order chi connectivity index (χ1) is 20.0. The monoisotopic (exact) mass is 554 g/mol. The maximum atomic E-state index is 12.5. The van der Waals surface area contributed by atoms with Crippen LogP contribution in [0, 0.1) is 17.2 Å². The van der Waals surface area contributed by atoms with Crippen LogP contribution in [0.3, 0.4) is 0 Å². The van der Waals surface area contributed by atoms with E-state index in [0.717, 1.165) is 37.3 Å². The summed E-state index contributed by atoms with van der Waals surface area (Å²) in [5.74, 6) is 1.67. The van der Waals surface area contributed by atoms with Gasteiger partial charge in [-0.1, -0.05) is 31.7 Å². The Labute approximate surface area is 244 Å². The molecule has 6 rings (SSSR count). The SMILES string of the molecule is C=CC(=O)N1CCN(c2nc(OC[C@@H]3CCCN3C)nc3c2C[C@H](C)[C@@H](c2cccc4c2CCC4)C3)C[C@@H]1CC#N. The summed E-state index contributed by atoms with van der Waals surface area (Å²) < 4.78 is 6.33. The molecule has 1 amide bonds. The van der Waals surface area contributed by atoms with Crippen molar-refractivity contribution < 1.29 is 9.53 Å². The summed E-state index contributed by atoms with van der Waals surface area (Å²) in [5, 5.41) is 9.54. The van der Waals surface area contributed by atoms with E-state index < -0.39 is 0 Å². The van der Waals surface area contributed by atoms with Crippen LogP contribution < -0.4 is 9.64 Å². The van der Waals surface area contributed by atoms with Crippen LogP contribution >= 0.6 is 0 Å². The van der Waals surface area contributed by atoms with E-state index in [0.29, 0.717) is 50.1 Å². The molecule has 0 saturated carbocycles. The van der Waals surface area contributed by atoms with Gasteiger partial charge in [0.1, 0.15) is 12.4 Å². The van der Waals surface area contributed by atoms with Crippen molar-refractivity contribution in [1.29, 1.82) is 5.26 Å². The number of likely N-dealkylation sites (N-methyl/N-ethyl adjacent to an activating group) is 1. The predicted molar refractivity (Wildman–Crippen MR) is 159 cm³/mol. The van der Waals surface area contributed by atoms with Gasteiger partial charge in [-0.3, -0.25) is 4.79 Å². The summed E-state index contributed by atoms with van der Waals surface area (Å²) in [6, 6.07) is 9.78. The molecule has 4 atom stereocenters. The zero-order chi connectivity index (χ0) is 28.5. The number of hydrogen-bond donors (Lipinski definition) is 0. The standard InChI is InChI=1S/C33H42N6O2/c1-4-31(40)39-17-16-38(20-24(39)13-14-34)32-29-18-22(2)28(27-12-6-9-23-8-5-11-26(23)27)19-30(29)35-33(36-32)41-21-25-10-7-15-37(25)3/h4,6,9,12,22,24-25,28H,1,5,7-8,10-11,13,15-21H2,2-3H3/t22-,24-,25-,28-/m0/s1. The molecule has 0 N–H and O–H groups in total. The van der Waals surface area contributed by atoms with Crippen molar-refractivity contribution in [1.82, 2.24) is 19.8 Å². The van der Waals surface area contributed by atoms with Gasteiger partial charge in [0.15, 0.2) is 0 Å². The predicted octanol–water partition coefficient (Wildman–Crippen LogP) is 4.07. The number of rotatable bonds is 7. The molecule has 8 heteroatoms. The molecule has 0 bridgehead atoms. The lowest BCUT2D eigenvalue weighted by Gasteiger charge is -2.42. The second-order valence-corrected chi connectivity index (χ2v) is 12.4. The highest BCUT2D eigenvalue weighted by atomic mass is 16.5. The molecule has 2 aliphatic heterocycles. The first kappa shape index (κ1) is 27.7. The number of nitrogens with zero attached hydrogens (tertiary/aromatic N) is 6. The number of fused-ring (bicyclic) bond motifs is 2. The average molecular weight is 555 g/mol. The van der Waals surface area contributed by atoms with E-state index in [1.165, 1.54) is 48.4 Å². The van der Waals surface area contributed by atoms with Crippen molar-refractivity contribution in [2.75, 3.05) is 44.7 Å². The number of nitriles is 1. The summed E-state index contributed by atoms with van der Waals surface area (Å²) >= 11 is 0. The molecule has 1 aromatic carbocycles. The molecule has 8 nitrogen and oxygen atoms in total. The highest BCUT2D eigenvalue weighted by molar-refractivity contribution is 5.87. The number of carbonyl (C=O) groups is 1. The van der Waals surface area contributed by atoms with Gasteiger partial charge in [0.2, 0.25) is 5.91 Å². The van der Waals surface area contributed by atoms with Crippen molar-refractivity contribution in [3.05, 3.63) is 58.8 Å². The molecule has 216 valence electrons. The van der Waals surface area contributed by atoms with E-state index in [9.17, 15) is 10.1 Å². The molecule has 2 fully saturated rings. The number of aromatic nitrogens is 2. The Morgan fingerprint density at radius 3 is 2.80 bits per heavy atom. The fourth-order valence-corrected chi connectivity index (χ4v) is 7.58. The Bertz CT molecular complexity index is 1350. The topological polar surface area (TPSA) is 85.6 Å². The molecule has 41 heavy (non-hydrogen) atoms. The molecule has 0 spiro atoms. The smallest absolute Gasteiger partial charge is 0.318 e. The highest BCUT2D eigenvalue weighted by Gasteiger charge is 2.36. The molecule has 0 unspecified atom stereocenters. The second kappa shape index (κ2) is 11.8. The van der Waals surface area contributed by atoms with Crippen molar-refractivity contribution in [2.24, 2.45) is 5.92 Å².